The van der Waals surface area contributed by atoms with Crippen molar-refractivity contribution in [2.45, 2.75) is 52.3 Å². The summed E-state index contributed by atoms with van der Waals surface area (Å²) in [5, 5.41) is 2.80. The zero-order valence-electron chi connectivity index (χ0n) is 12.9. The largest absolute Gasteiger partial charge is 0.392 e. The number of nitrogens with zero attached hydrogens (tertiary/aromatic N) is 3. The maximum Gasteiger partial charge on any atom is 0.392 e. The molecule has 1 aliphatic carbocycles. The van der Waals surface area contributed by atoms with Crippen LogP contribution in [0.15, 0.2) is 12.1 Å². The Kier molecular flexibility index (Phi) is 5.61. The molecule has 0 aliphatic heterocycles. The van der Waals surface area contributed by atoms with E-state index < -0.39 is 24.4 Å². The highest BCUT2D eigenvalue weighted by molar-refractivity contribution is 6.29. The van der Waals surface area contributed by atoms with Gasteiger partial charge < -0.3 is 0 Å². The summed E-state index contributed by atoms with van der Waals surface area (Å²) in [6.45, 7) is 0.982. The van der Waals surface area contributed by atoms with Crippen LogP contribution >= 0.6 is 11.6 Å². The Hall–Kier alpha value is -1.83. The molecule has 25 heavy (non-hydrogen) atoms. The van der Waals surface area contributed by atoms with Crippen molar-refractivity contribution >= 4 is 34.6 Å². The second-order valence-electron chi connectivity index (χ2n) is 6.06. The monoisotopic (exact) mass is 376 g/mol. The molecule has 3 rings (SSSR count). The third kappa shape index (κ3) is 4.05. The SMILES string of the molecule is C.CC(CC(=O)Nc1nc2ccc(Cl)nc2n1C1CCC1)C(F)(F)F. The number of imidazole rings is 1. The first kappa shape index (κ1) is 19.5. The van der Waals surface area contributed by atoms with Gasteiger partial charge in [0.15, 0.2) is 5.65 Å². The van der Waals surface area contributed by atoms with E-state index in [2.05, 4.69) is 15.3 Å². The maximum atomic E-state index is 12.6. The van der Waals surface area contributed by atoms with E-state index in [1.807, 2.05) is 0 Å². The Labute approximate surface area is 148 Å². The molecule has 1 saturated carbocycles. The Bertz CT molecular complexity index is 771. The molecule has 0 radical (unpaired) electrons. The molecule has 0 saturated heterocycles. The van der Waals surface area contributed by atoms with Crippen LogP contribution in [0.2, 0.25) is 5.15 Å². The number of alkyl halides is 3. The number of anilines is 1. The van der Waals surface area contributed by atoms with Gasteiger partial charge in [-0.2, -0.15) is 13.2 Å². The van der Waals surface area contributed by atoms with Crippen molar-refractivity contribution < 1.29 is 18.0 Å². The van der Waals surface area contributed by atoms with Crippen LogP contribution in [-0.2, 0) is 4.79 Å². The van der Waals surface area contributed by atoms with Crippen molar-refractivity contribution in [2.75, 3.05) is 5.32 Å². The highest BCUT2D eigenvalue weighted by atomic mass is 35.5. The van der Waals surface area contributed by atoms with E-state index in [0.29, 0.717) is 16.3 Å². The third-order valence-electron chi connectivity index (χ3n) is 4.24. The van der Waals surface area contributed by atoms with Gasteiger partial charge in [-0.15, -0.1) is 0 Å². The molecule has 1 aliphatic rings. The summed E-state index contributed by atoms with van der Waals surface area (Å²) in [6.07, 6.45) is -2.20. The lowest BCUT2D eigenvalue weighted by molar-refractivity contribution is -0.173. The first-order chi connectivity index (χ1) is 11.3. The van der Waals surface area contributed by atoms with Gasteiger partial charge in [0.25, 0.3) is 0 Å². The second kappa shape index (κ2) is 7.19. The summed E-state index contributed by atoms with van der Waals surface area (Å²) in [5.74, 6) is -2.21. The van der Waals surface area contributed by atoms with Gasteiger partial charge in [-0.3, -0.25) is 14.7 Å². The maximum absolute atomic E-state index is 12.6. The fraction of sp³-hybridized carbons (Fsp3) is 0.562. The number of pyridine rings is 1. The van der Waals surface area contributed by atoms with Gasteiger partial charge in [0, 0.05) is 12.5 Å². The lowest BCUT2D eigenvalue weighted by Crippen LogP contribution is -2.27. The van der Waals surface area contributed by atoms with E-state index >= 15 is 0 Å². The molecule has 0 aromatic carbocycles. The van der Waals surface area contributed by atoms with E-state index in [-0.39, 0.29) is 19.4 Å². The minimum Gasteiger partial charge on any atom is -0.296 e. The minimum absolute atomic E-state index is 0. The Morgan fingerprint density at radius 1 is 1.40 bits per heavy atom. The quantitative estimate of drug-likeness (QED) is 0.766. The van der Waals surface area contributed by atoms with Gasteiger partial charge in [-0.25, -0.2) is 9.97 Å². The van der Waals surface area contributed by atoms with Gasteiger partial charge in [-0.05, 0) is 31.4 Å². The number of fused-ring (bicyclic) bond motifs is 1. The Morgan fingerprint density at radius 2 is 2.08 bits per heavy atom. The van der Waals surface area contributed by atoms with Crippen molar-refractivity contribution in [3.05, 3.63) is 17.3 Å². The smallest absolute Gasteiger partial charge is 0.296 e. The molecule has 138 valence electrons. The molecular formula is C16H20ClF3N4O. The molecule has 2 aromatic rings. The van der Waals surface area contributed by atoms with Crippen LogP contribution in [0.3, 0.4) is 0 Å². The second-order valence-corrected chi connectivity index (χ2v) is 6.45. The predicted molar refractivity (Wildman–Crippen MR) is 90.6 cm³/mol. The van der Waals surface area contributed by atoms with Crippen molar-refractivity contribution in [1.82, 2.24) is 14.5 Å². The van der Waals surface area contributed by atoms with Crippen molar-refractivity contribution in [1.29, 1.82) is 0 Å². The summed E-state index contributed by atoms with van der Waals surface area (Å²) >= 11 is 5.93. The van der Waals surface area contributed by atoms with E-state index in [0.717, 1.165) is 26.2 Å². The van der Waals surface area contributed by atoms with Crippen LogP contribution in [0.25, 0.3) is 11.2 Å². The third-order valence-corrected chi connectivity index (χ3v) is 4.46. The van der Waals surface area contributed by atoms with E-state index in [1.54, 1.807) is 16.7 Å². The molecule has 1 amide bonds. The number of rotatable bonds is 4. The summed E-state index contributed by atoms with van der Waals surface area (Å²) in [7, 11) is 0. The summed E-state index contributed by atoms with van der Waals surface area (Å²) < 4.78 is 39.6. The van der Waals surface area contributed by atoms with Crippen LogP contribution < -0.4 is 5.32 Å². The predicted octanol–water partition coefficient (Wildman–Crippen LogP) is 4.97. The van der Waals surface area contributed by atoms with Gasteiger partial charge >= 0.3 is 6.18 Å². The first-order valence-corrected chi connectivity index (χ1v) is 8.04. The molecule has 1 fully saturated rings. The Balaban J connectivity index is 0.00000225. The minimum atomic E-state index is -4.40. The molecule has 1 atom stereocenters. The highest BCUT2D eigenvalue weighted by Gasteiger charge is 2.37. The molecule has 2 aromatic heterocycles. The topological polar surface area (TPSA) is 59.8 Å². The number of hydrogen-bond acceptors (Lipinski definition) is 3. The van der Waals surface area contributed by atoms with Crippen molar-refractivity contribution in [2.24, 2.45) is 5.92 Å². The molecule has 0 spiro atoms. The number of halogens is 4. The zero-order chi connectivity index (χ0) is 17.5. The van der Waals surface area contributed by atoms with Crippen LogP contribution in [-0.4, -0.2) is 26.6 Å². The molecule has 1 N–H and O–H groups in total. The van der Waals surface area contributed by atoms with E-state index in [4.69, 9.17) is 11.6 Å². The lowest BCUT2D eigenvalue weighted by Gasteiger charge is -2.28. The number of carbonyl (C=O) groups is 1. The van der Waals surface area contributed by atoms with Crippen LogP contribution in [0.1, 0.15) is 46.1 Å². The fourth-order valence-electron chi connectivity index (χ4n) is 2.60. The number of carbonyl (C=O) groups excluding carboxylic acids is 1. The average Bonchev–Trinajstić information content (AvgIpc) is 2.74. The van der Waals surface area contributed by atoms with Crippen LogP contribution in [0, 0.1) is 5.92 Å². The number of aromatic nitrogens is 3. The van der Waals surface area contributed by atoms with Crippen molar-refractivity contribution in [3.63, 3.8) is 0 Å². The number of amides is 1. The number of nitrogens with one attached hydrogen (secondary N) is 1. The molecular weight excluding hydrogens is 357 g/mol. The Morgan fingerprint density at radius 3 is 2.64 bits per heavy atom. The highest BCUT2D eigenvalue weighted by Crippen LogP contribution is 2.37. The lowest BCUT2D eigenvalue weighted by atomic mass is 9.93. The molecule has 0 bridgehead atoms. The number of hydrogen-bond donors (Lipinski definition) is 1. The van der Waals surface area contributed by atoms with Gasteiger partial charge in [-0.1, -0.05) is 26.0 Å². The van der Waals surface area contributed by atoms with E-state index in [9.17, 15) is 18.0 Å². The van der Waals surface area contributed by atoms with Crippen LogP contribution in [0.4, 0.5) is 19.1 Å². The van der Waals surface area contributed by atoms with Gasteiger partial charge in [0.05, 0.1) is 5.92 Å². The normalized spacial score (nSPS) is 16.2. The molecule has 1 unspecified atom stereocenters. The first-order valence-electron chi connectivity index (χ1n) is 7.66. The van der Waals surface area contributed by atoms with Crippen LogP contribution in [0.5, 0.6) is 0 Å². The molecule has 9 heteroatoms. The summed E-state index contributed by atoms with van der Waals surface area (Å²) in [6, 6.07) is 3.38. The van der Waals surface area contributed by atoms with Crippen molar-refractivity contribution in [3.8, 4) is 0 Å². The molecule has 2 heterocycles. The summed E-state index contributed by atoms with van der Waals surface area (Å²) in [4.78, 5) is 20.5. The molecule has 5 nitrogen and oxygen atoms in total. The van der Waals surface area contributed by atoms with Gasteiger partial charge in [0.1, 0.15) is 10.7 Å². The average molecular weight is 377 g/mol. The fourth-order valence-corrected chi connectivity index (χ4v) is 2.74. The summed E-state index contributed by atoms with van der Waals surface area (Å²) in [5.41, 5.74) is 1.08. The van der Waals surface area contributed by atoms with Gasteiger partial charge in [0.2, 0.25) is 11.9 Å². The zero-order valence-corrected chi connectivity index (χ0v) is 13.7. The van der Waals surface area contributed by atoms with E-state index in [1.165, 1.54) is 0 Å². The standard InChI is InChI=1S/C15H16ClF3N4O.CH4/c1-8(15(17,18)19)7-12(24)22-14-20-10-5-6-11(16)21-13(10)23(14)9-3-2-4-9;/h5-6,8-9H,2-4,7H2,1H3,(H,20,22,24);1H4.